The summed E-state index contributed by atoms with van der Waals surface area (Å²) in [4.78, 5) is 10.2. The van der Waals surface area contributed by atoms with Crippen LogP contribution in [-0.4, -0.2) is 39.4 Å². The molecule has 0 amide bonds. The molecule has 0 saturated carbocycles. The molecule has 13 heavy (non-hydrogen) atoms. The summed E-state index contributed by atoms with van der Waals surface area (Å²) in [6.07, 6.45) is 0. The van der Waals surface area contributed by atoms with E-state index < -0.39 is 11.7 Å². The van der Waals surface area contributed by atoms with E-state index in [0.717, 1.165) is 0 Å². The second-order valence-corrected chi connectivity index (χ2v) is 1.80. The van der Waals surface area contributed by atoms with Gasteiger partial charge in [-0.25, -0.2) is 4.79 Å². The van der Waals surface area contributed by atoms with Gasteiger partial charge >= 0.3 is 23.3 Å². The van der Waals surface area contributed by atoms with E-state index in [4.69, 9.17) is 5.11 Å². The molecule has 0 fully saturated rings. The molecular weight excluding hydrogens is 191 g/mol. The number of carboxylic acids is 1. The van der Waals surface area contributed by atoms with Crippen molar-refractivity contribution in [3.63, 3.8) is 0 Å². The fourth-order valence-corrected chi connectivity index (χ4v) is 0.643. The predicted molar refractivity (Wildman–Crippen MR) is 42.5 cm³/mol. The van der Waals surface area contributed by atoms with Gasteiger partial charge < -0.3 is 21.2 Å². The van der Waals surface area contributed by atoms with Gasteiger partial charge in [0, 0.05) is 0 Å². The van der Waals surface area contributed by atoms with E-state index in [1.165, 1.54) is 24.3 Å². The quantitative estimate of drug-likeness (QED) is 0.622. The number of carboxylic acid groups (broad SMARTS) is 1. The Morgan fingerprint density at radius 3 is 2.00 bits per heavy atom. The molecule has 0 atom stereocenters. The van der Waals surface area contributed by atoms with Crippen molar-refractivity contribution in [1.82, 2.24) is 0 Å². The molecule has 3 N–H and O–H groups in total. The van der Waals surface area contributed by atoms with Crippen molar-refractivity contribution in [2.45, 2.75) is 0 Å². The Balaban J connectivity index is -0.000000333. The summed E-state index contributed by atoms with van der Waals surface area (Å²) >= 11 is 0. The first kappa shape index (κ1) is 17.9. The fraction of sp³-hybridized carbons (Fsp3) is 0. The number of hydrogen-bond acceptors (Lipinski definition) is 4. The first-order chi connectivity index (χ1) is 4.72. The van der Waals surface area contributed by atoms with E-state index in [1.54, 1.807) is 0 Å². The van der Waals surface area contributed by atoms with Crippen LogP contribution in [0.4, 0.5) is 0 Å². The summed E-state index contributed by atoms with van der Waals surface area (Å²) in [5, 5.41) is 19.0. The molecule has 6 heteroatoms. The molecule has 0 aliphatic rings. The molecule has 0 radical (unpaired) electrons. The molecule has 0 spiro atoms. The van der Waals surface area contributed by atoms with Crippen molar-refractivity contribution in [2.75, 3.05) is 0 Å². The molecule has 0 aliphatic carbocycles. The average Bonchev–Trinajstić information content (AvgIpc) is 1.88. The third-order valence-electron chi connectivity index (χ3n) is 1.12. The Bertz CT molecular complexity index is 263. The van der Waals surface area contributed by atoms with Gasteiger partial charge in [0.05, 0.1) is 5.56 Å². The smallest absolute Gasteiger partial charge is 0.872 e. The van der Waals surface area contributed by atoms with Gasteiger partial charge in [0.2, 0.25) is 0 Å². The van der Waals surface area contributed by atoms with E-state index >= 15 is 0 Å². The molecule has 0 aliphatic heterocycles. The van der Waals surface area contributed by atoms with Gasteiger partial charge in [-0.3, -0.25) is 0 Å². The maximum Gasteiger partial charge on any atom is 3.00 e. The fourth-order valence-electron chi connectivity index (χ4n) is 0.643. The average molecular weight is 198 g/mol. The Labute approximate surface area is 85.4 Å². The monoisotopic (exact) mass is 198 g/mol. The normalized spacial score (nSPS) is 7.08. The summed E-state index contributed by atoms with van der Waals surface area (Å²) in [6.45, 7) is 0. The second kappa shape index (κ2) is 7.58. The number of carbonyl (C=O) groups is 1. The van der Waals surface area contributed by atoms with Crippen molar-refractivity contribution in [1.29, 1.82) is 0 Å². The van der Waals surface area contributed by atoms with Crippen LogP contribution in [0.25, 0.3) is 0 Å². The topological polar surface area (TPSA) is 120 Å². The van der Waals surface area contributed by atoms with Crippen LogP contribution < -0.4 is 5.11 Å². The number of rotatable bonds is 1. The van der Waals surface area contributed by atoms with E-state index in [0.29, 0.717) is 0 Å². The van der Waals surface area contributed by atoms with Crippen molar-refractivity contribution < 1.29 is 26.0 Å². The molecule has 1 rings (SSSR count). The number of para-hydroxylation sites is 1. The maximum absolute atomic E-state index is 10.7. The zero-order valence-corrected chi connectivity index (χ0v) is 7.70. The zero-order valence-electron chi connectivity index (χ0n) is 6.54. The molecule has 0 heterocycles. The predicted octanol–water partition coefficient (Wildman–Crippen LogP) is -0.276. The molecule has 0 bridgehead atoms. The number of hydrogen-bond donors (Lipinski definition) is 1. The molecule has 1 aromatic rings. The molecule has 5 nitrogen and oxygen atoms in total. The van der Waals surface area contributed by atoms with Gasteiger partial charge in [0.25, 0.3) is 0 Å². The van der Waals surface area contributed by atoms with Gasteiger partial charge in [-0.2, -0.15) is 0 Å². The van der Waals surface area contributed by atoms with Crippen molar-refractivity contribution in [3.05, 3.63) is 29.8 Å². The first-order valence-corrected chi connectivity index (χ1v) is 2.71. The summed E-state index contributed by atoms with van der Waals surface area (Å²) in [6, 6.07) is 5.54. The van der Waals surface area contributed by atoms with Crippen LogP contribution >= 0.6 is 0 Å². The van der Waals surface area contributed by atoms with Crippen LogP contribution in [0.3, 0.4) is 0 Å². The van der Waals surface area contributed by atoms with Crippen LogP contribution in [0.15, 0.2) is 24.3 Å². The van der Waals surface area contributed by atoms with Crippen LogP contribution in [0.5, 0.6) is 5.75 Å². The largest absolute Gasteiger partial charge is 3.00 e. The van der Waals surface area contributed by atoms with Gasteiger partial charge in [-0.05, 0) is 6.07 Å². The summed E-state index contributed by atoms with van der Waals surface area (Å²) < 4.78 is 0. The number of aromatic carboxylic acids is 1. The van der Waals surface area contributed by atoms with Crippen LogP contribution in [0, 0.1) is 0 Å². The van der Waals surface area contributed by atoms with Crippen LogP contribution in [0.1, 0.15) is 10.4 Å². The minimum atomic E-state index is -1.18. The number of benzene rings is 1. The van der Waals surface area contributed by atoms with E-state index in [9.17, 15) is 9.90 Å². The van der Waals surface area contributed by atoms with Gasteiger partial charge in [-0.1, -0.05) is 23.9 Å². The Hall–Kier alpha value is -1.06. The molecule has 0 saturated heterocycles. The minimum absolute atomic E-state index is 0. The summed E-state index contributed by atoms with van der Waals surface area (Å²) in [5.41, 5.74) is -0.178. The van der Waals surface area contributed by atoms with Gasteiger partial charge in [0.15, 0.2) is 0 Å². The zero-order chi connectivity index (χ0) is 7.56. The standard InChI is InChI=1S/C7H6O3.Al.2H2O/c8-6-4-2-1-3-5(6)7(9)10;;;/h1-4,8H,(H,9,10);;2*1H2/q;+3;;/p-3. The van der Waals surface area contributed by atoms with Crippen molar-refractivity contribution >= 4 is 23.3 Å². The molecule has 68 valence electrons. The summed E-state index contributed by atoms with van der Waals surface area (Å²) in [7, 11) is 0. The molecular formula is C7H7AlO5. The maximum atomic E-state index is 10.7. The van der Waals surface area contributed by atoms with Gasteiger partial charge in [-0.15, -0.1) is 0 Å². The third-order valence-corrected chi connectivity index (χ3v) is 1.12. The van der Waals surface area contributed by atoms with Gasteiger partial charge in [0.1, 0.15) is 0 Å². The van der Waals surface area contributed by atoms with E-state index in [-0.39, 0.29) is 33.9 Å². The van der Waals surface area contributed by atoms with E-state index in [2.05, 4.69) is 0 Å². The Morgan fingerprint density at radius 2 is 1.69 bits per heavy atom. The first-order valence-electron chi connectivity index (χ1n) is 2.71. The molecule has 1 aromatic carbocycles. The van der Waals surface area contributed by atoms with Crippen LogP contribution in [-0.2, 0) is 0 Å². The molecule has 0 aromatic heterocycles. The summed E-state index contributed by atoms with van der Waals surface area (Å²) in [5.74, 6) is -1.62. The van der Waals surface area contributed by atoms with E-state index in [1.807, 2.05) is 0 Å². The van der Waals surface area contributed by atoms with Crippen LogP contribution in [0.2, 0.25) is 0 Å². The minimum Gasteiger partial charge on any atom is -0.872 e. The Morgan fingerprint density at radius 1 is 1.23 bits per heavy atom. The van der Waals surface area contributed by atoms with Crippen molar-refractivity contribution in [2.24, 2.45) is 0 Å². The second-order valence-electron chi connectivity index (χ2n) is 1.80. The third kappa shape index (κ3) is 4.50. The molecule has 0 unspecified atom stereocenters. The Kier molecular flexibility index (Phi) is 10.4. The van der Waals surface area contributed by atoms with Crippen molar-refractivity contribution in [3.8, 4) is 5.75 Å². The SMILES string of the molecule is O=C(O)c1ccccc1[O-].[Al+3].[OH-].[OH-].